The summed E-state index contributed by atoms with van der Waals surface area (Å²) in [6.45, 7) is 3.44. The molecule has 0 radical (unpaired) electrons. The highest BCUT2D eigenvalue weighted by molar-refractivity contribution is 7.88. The minimum Gasteiger partial charge on any atom is -0.481 e. The number of carbonyl (C=O) groups is 2. The first kappa shape index (κ1) is 19.2. The van der Waals surface area contributed by atoms with Crippen molar-refractivity contribution in [2.75, 3.05) is 12.8 Å². The molecule has 1 amide bonds. The normalized spacial score (nSPS) is 12.1. The van der Waals surface area contributed by atoms with Gasteiger partial charge in [-0.25, -0.2) is 13.1 Å². The molecular weight excluding hydrogens is 324 g/mol. The molecule has 130 valence electrons. The molecule has 1 rings (SSSR count). The van der Waals surface area contributed by atoms with Crippen molar-refractivity contribution in [3.63, 3.8) is 0 Å². The molecule has 0 fully saturated rings. The van der Waals surface area contributed by atoms with Crippen molar-refractivity contribution >= 4 is 21.9 Å². The number of nitrogens with one attached hydrogen (secondary N) is 2. The zero-order valence-electron chi connectivity index (χ0n) is 13.4. The number of furan rings is 1. The van der Waals surface area contributed by atoms with Gasteiger partial charge in [-0.2, -0.15) is 0 Å². The summed E-state index contributed by atoms with van der Waals surface area (Å²) in [6.07, 6.45) is 1.80. The Morgan fingerprint density at radius 3 is 2.35 bits per heavy atom. The van der Waals surface area contributed by atoms with Crippen LogP contribution in [0.25, 0.3) is 0 Å². The number of rotatable bonds is 9. The summed E-state index contributed by atoms with van der Waals surface area (Å²) in [7, 11) is -3.36. The van der Waals surface area contributed by atoms with Crippen LogP contribution < -0.4 is 10.0 Å². The predicted octanol–water partition coefficient (Wildman–Crippen LogP) is 0.950. The molecule has 23 heavy (non-hydrogen) atoms. The SMILES string of the molecule is CCC(CC)(CNC(=O)c1ccc(CNS(C)(=O)=O)o1)C(=O)O. The third kappa shape index (κ3) is 5.36. The molecule has 0 spiro atoms. The highest BCUT2D eigenvalue weighted by Crippen LogP contribution is 2.25. The summed E-state index contributed by atoms with van der Waals surface area (Å²) in [5, 5.41) is 11.9. The summed E-state index contributed by atoms with van der Waals surface area (Å²) in [6, 6.07) is 2.89. The average molecular weight is 346 g/mol. The van der Waals surface area contributed by atoms with Gasteiger partial charge in [-0.3, -0.25) is 9.59 Å². The van der Waals surface area contributed by atoms with E-state index in [0.717, 1.165) is 6.26 Å². The second kappa shape index (κ2) is 7.60. The number of carboxylic acids is 1. The Bertz CT molecular complexity index is 661. The van der Waals surface area contributed by atoms with Crippen molar-refractivity contribution in [2.24, 2.45) is 5.41 Å². The van der Waals surface area contributed by atoms with E-state index >= 15 is 0 Å². The van der Waals surface area contributed by atoms with Gasteiger partial charge in [0.1, 0.15) is 5.76 Å². The largest absolute Gasteiger partial charge is 0.481 e. The van der Waals surface area contributed by atoms with Gasteiger partial charge < -0.3 is 14.8 Å². The lowest BCUT2D eigenvalue weighted by molar-refractivity contribution is -0.149. The molecule has 1 heterocycles. The van der Waals surface area contributed by atoms with Crippen LogP contribution in [0, 0.1) is 5.41 Å². The van der Waals surface area contributed by atoms with Crippen molar-refractivity contribution in [1.29, 1.82) is 0 Å². The van der Waals surface area contributed by atoms with Gasteiger partial charge in [-0.15, -0.1) is 0 Å². The molecule has 0 saturated carbocycles. The lowest BCUT2D eigenvalue weighted by Crippen LogP contribution is -2.42. The van der Waals surface area contributed by atoms with E-state index in [1.54, 1.807) is 13.8 Å². The molecule has 0 aliphatic carbocycles. The minimum atomic E-state index is -3.36. The maximum Gasteiger partial charge on any atom is 0.311 e. The molecule has 9 heteroatoms. The third-order valence-corrected chi connectivity index (χ3v) is 4.46. The number of amides is 1. The summed E-state index contributed by atoms with van der Waals surface area (Å²) >= 11 is 0. The van der Waals surface area contributed by atoms with Crippen LogP contribution in [0.2, 0.25) is 0 Å². The fourth-order valence-electron chi connectivity index (χ4n) is 2.01. The van der Waals surface area contributed by atoms with E-state index in [9.17, 15) is 23.1 Å². The van der Waals surface area contributed by atoms with Gasteiger partial charge in [0, 0.05) is 6.54 Å². The molecule has 8 nitrogen and oxygen atoms in total. The Morgan fingerprint density at radius 1 is 1.26 bits per heavy atom. The van der Waals surface area contributed by atoms with E-state index in [1.165, 1.54) is 12.1 Å². The highest BCUT2D eigenvalue weighted by atomic mass is 32.2. The Kier molecular flexibility index (Phi) is 6.34. The van der Waals surface area contributed by atoms with Gasteiger partial charge >= 0.3 is 5.97 Å². The molecule has 0 aliphatic heterocycles. The number of carboxylic acid groups (broad SMARTS) is 1. The van der Waals surface area contributed by atoms with E-state index < -0.39 is 27.3 Å². The van der Waals surface area contributed by atoms with Crippen molar-refractivity contribution in [3.8, 4) is 0 Å². The van der Waals surface area contributed by atoms with E-state index in [0.29, 0.717) is 12.8 Å². The van der Waals surface area contributed by atoms with Gasteiger partial charge in [-0.05, 0) is 25.0 Å². The van der Waals surface area contributed by atoms with Gasteiger partial charge in [0.05, 0.1) is 18.2 Å². The molecule has 0 aromatic carbocycles. The van der Waals surface area contributed by atoms with Gasteiger partial charge in [0.25, 0.3) is 5.91 Å². The Labute approximate surface area is 135 Å². The predicted molar refractivity (Wildman–Crippen MR) is 83.4 cm³/mol. The smallest absolute Gasteiger partial charge is 0.311 e. The third-order valence-electron chi connectivity index (χ3n) is 3.79. The number of hydrogen-bond acceptors (Lipinski definition) is 5. The first-order valence-electron chi connectivity index (χ1n) is 7.18. The molecule has 0 bridgehead atoms. The van der Waals surface area contributed by atoms with Gasteiger partial charge in [0.2, 0.25) is 10.0 Å². The number of aliphatic carboxylic acids is 1. The quantitative estimate of drug-likeness (QED) is 0.611. The average Bonchev–Trinajstić information content (AvgIpc) is 2.94. The fourth-order valence-corrected chi connectivity index (χ4v) is 2.42. The van der Waals surface area contributed by atoms with E-state index in [4.69, 9.17) is 4.42 Å². The zero-order valence-corrected chi connectivity index (χ0v) is 14.2. The van der Waals surface area contributed by atoms with E-state index in [-0.39, 0.29) is 24.6 Å². The Morgan fingerprint density at radius 2 is 1.87 bits per heavy atom. The lowest BCUT2D eigenvalue weighted by atomic mass is 9.82. The topological polar surface area (TPSA) is 126 Å². The van der Waals surface area contributed by atoms with Crippen LogP contribution in [-0.4, -0.2) is 38.2 Å². The second-order valence-corrected chi connectivity index (χ2v) is 7.17. The second-order valence-electron chi connectivity index (χ2n) is 5.33. The maximum absolute atomic E-state index is 12.0. The zero-order chi connectivity index (χ0) is 17.7. The van der Waals surface area contributed by atoms with Crippen molar-refractivity contribution < 1.29 is 27.5 Å². The minimum absolute atomic E-state index is 0.00166. The molecule has 0 saturated heterocycles. The molecule has 1 aromatic heterocycles. The lowest BCUT2D eigenvalue weighted by Gasteiger charge is -2.26. The molecule has 0 atom stereocenters. The summed E-state index contributed by atoms with van der Waals surface area (Å²) in [5.74, 6) is -1.21. The Balaban J connectivity index is 2.69. The first-order chi connectivity index (χ1) is 10.6. The van der Waals surface area contributed by atoms with E-state index in [2.05, 4.69) is 10.0 Å². The molecule has 0 unspecified atom stereocenters. The van der Waals surface area contributed by atoms with Crippen LogP contribution in [-0.2, 0) is 21.4 Å². The van der Waals surface area contributed by atoms with Crippen molar-refractivity contribution in [1.82, 2.24) is 10.0 Å². The monoisotopic (exact) mass is 346 g/mol. The summed E-state index contributed by atoms with van der Waals surface area (Å²) in [4.78, 5) is 23.4. The van der Waals surface area contributed by atoms with Crippen LogP contribution >= 0.6 is 0 Å². The van der Waals surface area contributed by atoms with Crippen molar-refractivity contribution in [2.45, 2.75) is 33.2 Å². The van der Waals surface area contributed by atoms with Crippen LogP contribution in [0.15, 0.2) is 16.5 Å². The van der Waals surface area contributed by atoms with E-state index in [1.807, 2.05) is 0 Å². The van der Waals surface area contributed by atoms with Crippen LogP contribution in [0.1, 0.15) is 43.0 Å². The van der Waals surface area contributed by atoms with Crippen LogP contribution in [0.4, 0.5) is 0 Å². The van der Waals surface area contributed by atoms with Crippen LogP contribution in [0.5, 0.6) is 0 Å². The van der Waals surface area contributed by atoms with Gasteiger partial charge in [-0.1, -0.05) is 13.8 Å². The Hall–Kier alpha value is -1.87. The molecule has 3 N–H and O–H groups in total. The summed E-state index contributed by atoms with van der Waals surface area (Å²) < 4.78 is 29.5. The standard InChI is InChI=1S/C14H22N2O6S/c1-4-14(5-2,13(18)19)9-15-12(17)11-7-6-10(22-11)8-16-23(3,20)21/h6-7,16H,4-5,8-9H2,1-3H3,(H,15,17)(H,18,19). The highest BCUT2D eigenvalue weighted by Gasteiger charge is 2.35. The summed E-state index contributed by atoms with van der Waals surface area (Å²) in [5.41, 5.74) is -1.01. The van der Waals surface area contributed by atoms with Crippen LogP contribution in [0.3, 0.4) is 0 Å². The molecular formula is C14H22N2O6S. The number of hydrogen-bond donors (Lipinski definition) is 3. The van der Waals surface area contributed by atoms with Crippen molar-refractivity contribution in [3.05, 3.63) is 23.7 Å². The van der Waals surface area contributed by atoms with Gasteiger partial charge in [0.15, 0.2) is 5.76 Å². The molecule has 1 aromatic rings. The first-order valence-corrected chi connectivity index (χ1v) is 9.07. The fraction of sp³-hybridized carbons (Fsp3) is 0.571. The molecule has 0 aliphatic rings. The number of carbonyl (C=O) groups excluding carboxylic acids is 1. The maximum atomic E-state index is 12.0. The number of sulfonamides is 1.